The molecule has 3 aromatic rings. The number of pyridine rings is 1. The van der Waals surface area contributed by atoms with Gasteiger partial charge in [0.05, 0.1) is 4.90 Å². The number of ketones is 1. The van der Waals surface area contributed by atoms with Gasteiger partial charge in [-0.05, 0) is 42.8 Å². The van der Waals surface area contributed by atoms with Gasteiger partial charge in [0.2, 0.25) is 0 Å². The van der Waals surface area contributed by atoms with Crippen LogP contribution in [0.25, 0.3) is 0 Å². The Morgan fingerprint density at radius 1 is 1.15 bits per heavy atom. The summed E-state index contributed by atoms with van der Waals surface area (Å²) < 4.78 is 53.3. The molecule has 134 valence electrons. The summed E-state index contributed by atoms with van der Waals surface area (Å²) in [5, 5.41) is 0. The largest absolute Gasteiger partial charge is 0.292 e. The highest BCUT2D eigenvalue weighted by Gasteiger charge is 2.21. The third-order valence-corrected chi connectivity index (χ3v) is 5.49. The monoisotopic (exact) mass is 376 g/mol. The van der Waals surface area contributed by atoms with Crippen LogP contribution in [0.5, 0.6) is 0 Å². The molecule has 0 aliphatic rings. The van der Waals surface area contributed by atoms with Crippen molar-refractivity contribution >= 4 is 15.8 Å². The van der Waals surface area contributed by atoms with E-state index in [4.69, 9.17) is 0 Å². The molecule has 3 rings (SSSR count). The van der Waals surface area contributed by atoms with Gasteiger partial charge in [-0.25, -0.2) is 21.2 Å². The van der Waals surface area contributed by atoms with Crippen molar-refractivity contribution in [3.63, 3.8) is 0 Å². The van der Waals surface area contributed by atoms with Crippen LogP contribution in [0.3, 0.4) is 0 Å². The highest BCUT2D eigenvalue weighted by molar-refractivity contribution is 7.90. The molecule has 0 atom stereocenters. The van der Waals surface area contributed by atoms with Crippen LogP contribution in [0.2, 0.25) is 0 Å². The minimum Gasteiger partial charge on any atom is -0.292 e. The van der Waals surface area contributed by atoms with Crippen LogP contribution in [0, 0.1) is 18.6 Å². The molecule has 0 N–H and O–H groups in total. The van der Waals surface area contributed by atoms with Crippen molar-refractivity contribution in [2.45, 2.75) is 18.2 Å². The SMILES string of the molecule is Cc1c(F)cc(S(=O)(=O)n2ccc(CC(=O)c3ccccn3)c2)cc1F. The number of carbonyl (C=O) groups excluding carboxylic acids is 1. The van der Waals surface area contributed by atoms with Crippen LogP contribution < -0.4 is 0 Å². The predicted molar refractivity (Wildman–Crippen MR) is 90.4 cm³/mol. The Labute approximate surface area is 149 Å². The molecule has 2 aromatic heterocycles. The number of rotatable bonds is 5. The second-order valence-electron chi connectivity index (χ2n) is 5.68. The number of hydrogen-bond acceptors (Lipinski definition) is 4. The van der Waals surface area contributed by atoms with Gasteiger partial charge in [0.25, 0.3) is 10.0 Å². The van der Waals surface area contributed by atoms with Crippen LogP contribution >= 0.6 is 0 Å². The molecular formula is C18H14F2N2O3S. The second-order valence-corrected chi connectivity index (χ2v) is 7.52. The van der Waals surface area contributed by atoms with Crippen LogP contribution in [-0.4, -0.2) is 23.2 Å². The van der Waals surface area contributed by atoms with Gasteiger partial charge >= 0.3 is 0 Å². The van der Waals surface area contributed by atoms with E-state index in [-0.39, 0.29) is 23.5 Å². The number of benzene rings is 1. The lowest BCUT2D eigenvalue weighted by Crippen LogP contribution is -2.12. The summed E-state index contributed by atoms with van der Waals surface area (Å²) >= 11 is 0. The Bertz CT molecular complexity index is 1050. The first kappa shape index (κ1) is 17.9. The maximum atomic E-state index is 13.7. The fraction of sp³-hybridized carbons (Fsp3) is 0.111. The molecule has 1 aromatic carbocycles. The van der Waals surface area contributed by atoms with E-state index < -0.39 is 26.6 Å². The van der Waals surface area contributed by atoms with Crippen molar-refractivity contribution in [1.29, 1.82) is 0 Å². The van der Waals surface area contributed by atoms with E-state index in [1.165, 1.54) is 31.6 Å². The fourth-order valence-corrected chi connectivity index (χ4v) is 3.61. The lowest BCUT2D eigenvalue weighted by Gasteiger charge is -2.07. The van der Waals surface area contributed by atoms with Gasteiger partial charge in [-0.3, -0.25) is 9.78 Å². The van der Waals surface area contributed by atoms with Gasteiger partial charge in [-0.1, -0.05) is 6.07 Å². The van der Waals surface area contributed by atoms with Crippen molar-refractivity contribution in [2.24, 2.45) is 0 Å². The molecule has 0 aliphatic carbocycles. The summed E-state index contributed by atoms with van der Waals surface area (Å²) in [6.45, 7) is 1.22. The average Bonchev–Trinajstić information content (AvgIpc) is 3.09. The molecule has 0 radical (unpaired) electrons. The molecule has 8 heteroatoms. The molecule has 0 saturated heterocycles. The standard InChI is InChI=1S/C18H14F2N2O3S/c1-12-15(19)9-14(10-16(12)20)26(24,25)22-7-5-13(11-22)8-18(23)17-4-2-3-6-21-17/h2-7,9-11H,8H2,1H3. The van der Waals surface area contributed by atoms with Crippen molar-refractivity contribution in [2.75, 3.05) is 0 Å². The lowest BCUT2D eigenvalue weighted by atomic mass is 10.1. The molecule has 0 spiro atoms. The van der Waals surface area contributed by atoms with Gasteiger partial charge in [0, 0.05) is 30.6 Å². The summed E-state index contributed by atoms with van der Waals surface area (Å²) in [4.78, 5) is 15.6. The van der Waals surface area contributed by atoms with Gasteiger partial charge in [-0.15, -0.1) is 0 Å². The van der Waals surface area contributed by atoms with Crippen molar-refractivity contribution < 1.29 is 22.0 Å². The minimum atomic E-state index is -4.17. The number of aromatic nitrogens is 2. The van der Waals surface area contributed by atoms with E-state index in [9.17, 15) is 22.0 Å². The zero-order valence-corrected chi connectivity index (χ0v) is 14.5. The topological polar surface area (TPSA) is 69.0 Å². The molecule has 5 nitrogen and oxygen atoms in total. The quantitative estimate of drug-likeness (QED) is 0.642. The van der Waals surface area contributed by atoms with E-state index >= 15 is 0 Å². The second kappa shape index (κ2) is 6.80. The first-order chi connectivity index (χ1) is 12.3. The highest BCUT2D eigenvalue weighted by Crippen LogP contribution is 2.21. The van der Waals surface area contributed by atoms with Gasteiger partial charge in [0.1, 0.15) is 17.3 Å². The summed E-state index contributed by atoms with van der Waals surface area (Å²) in [5.74, 6) is -2.16. The Morgan fingerprint density at radius 2 is 1.85 bits per heavy atom. The summed E-state index contributed by atoms with van der Waals surface area (Å²) in [5.41, 5.74) is 0.459. The highest BCUT2D eigenvalue weighted by atomic mass is 32.2. The van der Waals surface area contributed by atoms with Crippen molar-refractivity contribution in [1.82, 2.24) is 8.96 Å². The number of carbonyl (C=O) groups is 1. The normalized spacial score (nSPS) is 11.5. The smallest absolute Gasteiger partial charge is 0.267 e. The van der Waals surface area contributed by atoms with E-state index in [0.29, 0.717) is 5.56 Å². The predicted octanol–water partition coefficient (Wildman–Crippen LogP) is 3.13. The van der Waals surface area contributed by atoms with Crippen LogP contribution in [0.15, 0.2) is 59.9 Å². The number of Topliss-reactive ketones (excluding diaryl/α,β-unsaturated/α-hetero) is 1. The summed E-state index contributed by atoms with van der Waals surface area (Å²) in [6, 6.07) is 7.92. The zero-order valence-electron chi connectivity index (χ0n) is 13.7. The zero-order chi connectivity index (χ0) is 18.9. The molecule has 2 heterocycles. The lowest BCUT2D eigenvalue weighted by molar-refractivity contribution is 0.0988. The Kier molecular flexibility index (Phi) is 4.69. The first-order valence-electron chi connectivity index (χ1n) is 7.61. The molecule has 0 aliphatic heterocycles. The minimum absolute atomic E-state index is 0.0455. The van der Waals surface area contributed by atoms with Gasteiger partial charge in [0.15, 0.2) is 5.78 Å². The molecule has 0 amide bonds. The molecule has 0 bridgehead atoms. The van der Waals surface area contributed by atoms with Crippen LogP contribution in [0.1, 0.15) is 21.6 Å². The number of hydrogen-bond donors (Lipinski definition) is 0. The summed E-state index contributed by atoms with van der Waals surface area (Å²) in [7, 11) is -4.17. The Morgan fingerprint density at radius 3 is 2.46 bits per heavy atom. The Balaban J connectivity index is 1.88. The van der Waals surface area contributed by atoms with E-state index in [1.54, 1.807) is 18.2 Å². The van der Waals surface area contributed by atoms with Crippen LogP contribution in [-0.2, 0) is 16.4 Å². The average molecular weight is 376 g/mol. The summed E-state index contributed by atoms with van der Waals surface area (Å²) in [6.07, 6.45) is 3.91. The van der Waals surface area contributed by atoms with Gasteiger partial charge < -0.3 is 0 Å². The number of nitrogens with zero attached hydrogens (tertiary/aromatic N) is 2. The molecule has 0 fully saturated rings. The van der Waals surface area contributed by atoms with E-state index in [0.717, 1.165) is 16.1 Å². The Hall–Kier alpha value is -2.87. The van der Waals surface area contributed by atoms with Crippen LogP contribution in [0.4, 0.5) is 8.78 Å². The fourth-order valence-electron chi connectivity index (χ4n) is 2.37. The maximum Gasteiger partial charge on any atom is 0.267 e. The third-order valence-electron chi connectivity index (χ3n) is 3.87. The molecule has 0 saturated carbocycles. The van der Waals surface area contributed by atoms with Crippen molar-refractivity contribution in [3.8, 4) is 0 Å². The maximum absolute atomic E-state index is 13.7. The van der Waals surface area contributed by atoms with E-state index in [1.807, 2.05) is 0 Å². The van der Waals surface area contributed by atoms with Crippen molar-refractivity contribution in [3.05, 3.63) is 83.4 Å². The van der Waals surface area contributed by atoms with E-state index in [2.05, 4.69) is 4.98 Å². The molecule has 0 unspecified atom stereocenters. The third kappa shape index (κ3) is 3.41. The molecule has 26 heavy (non-hydrogen) atoms. The first-order valence-corrected chi connectivity index (χ1v) is 9.05. The van der Waals surface area contributed by atoms with Gasteiger partial charge in [-0.2, -0.15) is 0 Å². The molecular weight excluding hydrogens is 362 g/mol. The number of halogens is 2.